The van der Waals surface area contributed by atoms with E-state index in [1.54, 1.807) is 0 Å². The smallest absolute Gasteiger partial charge is 0.362 e. The Bertz CT molecular complexity index is 893. The zero-order valence-electron chi connectivity index (χ0n) is 19.8. The summed E-state index contributed by atoms with van der Waals surface area (Å²) in [6.45, 7) is 8.96. The second-order valence-corrected chi connectivity index (χ2v) is 17.2. The Balaban J connectivity index is 1.34. The molecule has 1 aliphatic rings. The molecule has 0 aromatic heterocycles. The van der Waals surface area contributed by atoms with Crippen molar-refractivity contribution in [3.05, 3.63) is 54.1 Å². The molecule has 10 heteroatoms. The lowest BCUT2D eigenvalue weighted by Gasteiger charge is -2.35. The van der Waals surface area contributed by atoms with Crippen LogP contribution in [0.2, 0.25) is 32.2 Å². The molecule has 2 aromatic rings. The van der Waals surface area contributed by atoms with Crippen molar-refractivity contribution in [1.29, 1.82) is 5.26 Å². The van der Waals surface area contributed by atoms with Crippen molar-refractivity contribution < 1.29 is 21.2 Å². The molecule has 1 fully saturated rings. The Morgan fingerprint density at radius 1 is 0.788 bits per heavy atom. The van der Waals surface area contributed by atoms with E-state index in [1.807, 2.05) is 56.0 Å². The second-order valence-electron chi connectivity index (χ2n) is 8.24. The summed E-state index contributed by atoms with van der Waals surface area (Å²) in [4.78, 5) is 0. The first-order chi connectivity index (χ1) is 15.9. The first-order valence-corrected chi connectivity index (χ1v) is 19.3. The van der Waals surface area contributed by atoms with Crippen LogP contribution in [0, 0.1) is 11.3 Å². The molecule has 1 aliphatic heterocycles. The Morgan fingerprint density at radius 3 is 1.91 bits per heavy atom. The van der Waals surface area contributed by atoms with Crippen LogP contribution in [0.1, 0.15) is 31.2 Å². The van der Waals surface area contributed by atoms with Crippen LogP contribution in [0.5, 0.6) is 5.75 Å². The fourth-order valence-electron chi connectivity index (χ4n) is 3.77. The van der Waals surface area contributed by atoms with Gasteiger partial charge in [0.25, 0.3) is 0 Å². The highest BCUT2D eigenvalue weighted by atomic mass is 28.5. The number of nitrogens with zero attached hydrogens (tertiary/aromatic N) is 1. The maximum atomic E-state index is 8.92. The predicted octanol–water partition coefficient (Wildman–Crippen LogP) is 5.67. The normalized spacial score (nSPS) is 17.8. The average Bonchev–Trinajstić information content (AvgIpc) is 2.77. The second kappa shape index (κ2) is 12.8. The third kappa shape index (κ3) is 8.62. The summed E-state index contributed by atoms with van der Waals surface area (Å²) >= 11 is 0. The van der Waals surface area contributed by atoms with Crippen LogP contribution in [0.25, 0.3) is 11.1 Å². The van der Waals surface area contributed by atoms with E-state index in [2.05, 4.69) is 24.7 Å². The maximum absolute atomic E-state index is 8.92. The summed E-state index contributed by atoms with van der Waals surface area (Å²) in [6.07, 6.45) is 4.38. The molecule has 1 heterocycles. The van der Waals surface area contributed by atoms with Gasteiger partial charge in [0, 0.05) is 0 Å². The van der Waals surface area contributed by atoms with Gasteiger partial charge < -0.3 is 21.2 Å². The van der Waals surface area contributed by atoms with Crippen LogP contribution in [0.3, 0.4) is 0 Å². The predicted molar refractivity (Wildman–Crippen MR) is 136 cm³/mol. The van der Waals surface area contributed by atoms with Crippen molar-refractivity contribution in [3.63, 3.8) is 0 Å². The minimum atomic E-state index is -2.23. The topological polar surface area (TPSA) is 69.9 Å². The van der Waals surface area contributed by atoms with E-state index in [-0.39, 0.29) is 0 Å². The molecule has 0 spiro atoms. The lowest BCUT2D eigenvalue weighted by atomic mass is 10.0. The molecule has 0 saturated carbocycles. The van der Waals surface area contributed by atoms with Gasteiger partial charge in [0.1, 0.15) is 5.75 Å². The molecule has 3 rings (SSSR count). The number of unbranched alkanes of at least 4 members (excludes halogenated alkanes) is 3. The summed E-state index contributed by atoms with van der Waals surface area (Å²) in [5, 5.41) is 8.92. The summed E-state index contributed by atoms with van der Waals surface area (Å²) in [7, 11) is -6.05. The molecule has 3 radical (unpaired) electrons. The van der Waals surface area contributed by atoms with Crippen molar-refractivity contribution in [2.24, 2.45) is 0 Å². The molecule has 0 amide bonds. The summed E-state index contributed by atoms with van der Waals surface area (Å²) in [5.74, 6) is 0.885. The minimum absolute atomic E-state index is 0.672. The van der Waals surface area contributed by atoms with Crippen molar-refractivity contribution >= 4 is 36.4 Å². The van der Waals surface area contributed by atoms with Crippen molar-refractivity contribution in [2.75, 3.05) is 6.61 Å². The van der Waals surface area contributed by atoms with E-state index in [1.165, 1.54) is 0 Å². The fraction of sp³-hybridized carbons (Fsp3) is 0.435. The number of ether oxygens (including phenoxy) is 1. The lowest BCUT2D eigenvalue weighted by molar-refractivity contribution is 0.273. The van der Waals surface area contributed by atoms with Crippen LogP contribution in [-0.2, 0) is 16.5 Å². The van der Waals surface area contributed by atoms with Crippen LogP contribution >= 0.6 is 0 Å². The van der Waals surface area contributed by atoms with Gasteiger partial charge in [-0.05, 0) is 74.0 Å². The van der Waals surface area contributed by atoms with Gasteiger partial charge in [0.2, 0.25) is 0 Å². The standard InChI is InChI=1S/C23H32NO5Si4/c1-30-26-31(2)28-33(4,29-32(3)27-30)18-8-6-5-7-17-25-23-15-13-22(14-16-23)21-11-9-20(19-24)10-12-21/h9-16H,5-8,17-18H2,1-4H3. The van der Waals surface area contributed by atoms with Gasteiger partial charge in [-0.25, -0.2) is 0 Å². The first-order valence-electron chi connectivity index (χ1n) is 11.3. The number of hydrogen-bond donors (Lipinski definition) is 0. The molecule has 0 bridgehead atoms. The quantitative estimate of drug-likeness (QED) is 0.317. The van der Waals surface area contributed by atoms with E-state index in [9.17, 15) is 0 Å². The van der Waals surface area contributed by atoms with E-state index < -0.39 is 36.4 Å². The largest absolute Gasteiger partial charge is 0.494 e. The van der Waals surface area contributed by atoms with E-state index >= 15 is 0 Å². The van der Waals surface area contributed by atoms with Crippen molar-refractivity contribution in [1.82, 2.24) is 0 Å². The molecule has 0 aliphatic carbocycles. The highest BCUT2D eigenvalue weighted by Gasteiger charge is 2.40. The van der Waals surface area contributed by atoms with Crippen LogP contribution in [0.4, 0.5) is 0 Å². The van der Waals surface area contributed by atoms with Gasteiger partial charge in [-0.15, -0.1) is 0 Å². The molecule has 0 unspecified atom stereocenters. The fourth-order valence-corrected chi connectivity index (χ4v) is 15.7. The Labute approximate surface area is 204 Å². The summed E-state index contributed by atoms with van der Waals surface area (Å²) < 4.78 is 30.3. The van der Waals surface area contributed by atoms with Crippen molar-refractivity contribution in [2.45, 2.75) is 57.9 Å². The molecular formula is C23H32NO5Si4. The van der Waals surface area contributed by atoms with Gasteiger partial charge in [-0.3, -0.25) is 0 Å². The zero-order chi connectivity index (χ0) is 23.7. The van der Waals surface area contributed by atoms with Gasteiger partial charge in [-0.1, -0.05) is 43.5 Å². The van der Waals surface area contributed by atoms with Gasteiger partial charge in [-0.2, -0.15) is 5.26 Å². The van der Waals surface area contributed by atoms with Gasteiger partial charge in [0.15, 0.2) is 0 Å². The number of nitriles is 1. The Kier molecular flexibility index (Phi) is 10.1. The van der Waals surface area contributed by atoms with E-state index in [0.717, 1.165) is 48.6 Å². The van der Waals surface area contributed by atoms with Gasteiger partial charge >= 0.3 is 36.4 Å². The molecule has 33 heavy (non-hydrogen) atoms. The third-order valence-electron chi connectivity index (χ3n) is 5.29. The molecule has 0 N–H and O–H groups in total. The zero-order valence-corrected chi connectivity index (χ0v) is 23.8. The monoisotopic (exact) mass is 514 g/mol. The van der Waals surface area contributed by atoms with Crippen LogP contribution < -0.4 is 4.74 Å². The molecule has 175 valence electrons. The van der Waals surface area contributed by atoms with E-state index in [4.69, 9.17) is 26.5 Å². The highest BCUT2D eigenvalue weighted by Crippen LogP contribution is 2.24. The first kappa shape index (κ1) is 26.0. The summed E-state index contributed by atoms with van der Waals surface area (Å²) in [6, 6.07) is 18.9. The number of hydrogen-bond acceptors (Lipinski definition) is 6. The molecule has 6 nitrogen and oxygen atoms in total. The van der Waals surface area contributed by atoms with Gasteiger partial charge in [0.05, 0.1) is 18.2 Å². The number of benzene rings is 2. The Morgan fingerprint density at radius 2 is 1.33 bits per heavy atom. The molecule has 2 aromatic carbocycles. The molecule has 0 atom stereocenters. The average molecular weight is 515 g/mol. The molecular weight excluding hydrogens is 483 g/mol. The van der Waals surface area contributed by atoms with Crippen LogP contribution in [-0.4, -0.2) is 43.0 Å². The van der Waals surface area contributed by atoms with Crippen LogP contribution in [0.15, 0.2) is 48.5 Å². The Hall–Kier alpha value is -1.56. The highest BCUT2D eigenvalue weighted by molar-refractivity contribution is 6.81. The van der Waals surface area contributed by atoms with E-state index in [0.29, 0.717) is 12.2 Å². The lowest BCUT2D eigenvalue weighted by Crippen LogP contribution is -2.52. The minimum Gasteiger partial charge on any atom is -0.494 e. The molecule has 1 saturated heterocycles. The van der Waals surface area contributed by atoms with Crippen molar-refractivity contribution in [3.8, 4) is 22.9 Å². The summed E-state index contributed by atoms with van der Waals surface area (Å²) in [5.41, 5.74) is 2.88. The number of rotatable bonds is 9. The SMILES string of the molecule is C[Si]1O[Si](C)O[Si](C)(CCCCCCOc2ccc(-c3ccc(C#N)cc3)cc2)O[Si](C)O1. The third-order valence-corrected chi connectivity index (χ3v) is 16.9. The maximum Gasteiger partial charge on any atom is 0.362 e.